The molecule has 1 heterocycles. The van der Waals surface area contributed by atoms with E-state index in [0.717, 1.165) is 0 Å². The largest absolute Gasteiger partial charge is 0.383 e. The summed E-state index contributed by atoms with van der Waals surface area (Å²) >= 11 is 0. The van der Waals surface area contributed by atoms with Gasteiger partial charge in [0.15, 0.2) is 5.78 Å². The number of hydrogen-bond acceptors (Lipinski definition) is 3. The summed E-state index contributed by atoms with van der Waals surface area (Å²) in [5.74, 6) is 0.302. The van der Waals surface area contributed by atoms with Crippen molar-refractivity contribution in [3.63, 3.8) is 0 Å². The molecule has 19 heavy (non-hydrogen) atoms. The molecule has 0 atom stereocenters. The quantitative estimate of drug-likeness (QED) is 0.841. The molecule has 0 saturated carbocycles. The number of anilines is 1. The van der Waals surface area contributed by atoms with Crippen LogP contribution in [0.5, 0.6) is 0 Å². The van der Waals surface area contributed by atoms with Gasteiger partial charge in [0.25, 0.3) is 0 Å². The third-order valence-corrected chi connectivity index (χ3v) is 3.24. The Morgan fingerprint density at radius 3 is 2.21 bits per heavy atom. The number of carbonyl (C=O) groups is 1. The summed E-state index contributed by atoms with van der Waals surface area (Å²) in [6, 6.07) is 7.66. The lowest BCUT2D eigenvalue weighted by Crippen LogP contribution is -2.11. The molecule has 0 aliphatic heterocycles. The Hall–Kier alpha value is -2.10. The lowest BCUT2D eigenvalue weighted by atomic mass is 9.86. The third-order valence-electron chi connectivity index (χ3n) is 3.24. The molecule has 4 heteroatoms. The predicted molar refractivity (Wildman–Crippen MR) is 76.2 cm³/mol. The van der Waals surface area contributed by atoms with Gasteiger partial charge >= 0.3 is 0 Å². The molecule has 0 radical (unpaired) electrons. The number of nitrogen functional groups attached to an aromatic ring is 1. The second-order valence-corrected chi connectivity index (χ2v) is 5.72. The SMILES string of the molecule is Cn1ncc(C(=O)c2ccc(C(C)(C)C)cc2)c1N. The minimum atomic E-state index is -0.0916. The van der Waals surface area contributed by atoms with Crippen LogP contribution in [0.15, 0.2) is 30.5 Å². The number of hydrogen-bond donors (Lipinski definition) is 1. The predicted octanol–water partition coefficient (Wildman–Crippen LogP) is 2.53. The van der Waals surface area contributed by atoms with Crippen molar-refractivity contribution in [2.24, 2.45) is 7.05 Å². The van der Waals surface area contributed by atoms with Gasteiger partial charge < -0.3 is 5.73 Å². The van der Waals surface area contributed by atoms with Gasteiger partial charge in [0.1, 0.15) is 5.82 Å². The van der Waals surface area contributed by atoms with Gasteiger partial charge in [-0.2, -0.15) is 5.10 Å². The molecule has 1 aromatic carbocycles. The van der Waals surface area contributed by atoms with E-state index in [0.29, 0.717) is 16.9 Å². The van der Waals surface area contributed by atoms with Crippen molar-refractivity contribution in [3.8, 4) is 0 Å². The summed E-state index contributed by atoms with van der Waals surface area (Å²) < 4.78 is 1.50. The highest BCUT2D eigenvalue weighted by atomic mass is 16.1. The highest BCUT2D eigenvalue weighted by Crippen LogP contribution is 2.23. The Bertz CT molecular complexity index is 603. The number of benzene rings is 1. The van der Waals surface area contributed by atoms with Gasteiger partial charge in [-0.05, 0) is 11.0 Å². The fourth-order valence-electron chi connectivity index (χ4n) is 1.90. The maximum atomic E-state index is 12.3. The van der Waals surface area contributed by atoms with E-state index in [1.165, 1.54) is 16.4 Å². The molecule has 2 N–H and O–H groups in total. The number of rotatable bonds is 2. The zero-order valence-corrected chi connectivity index (χ0v) is 11.8. The van der Waals surface area contributed by atoms with Crippen LogP contribution in [-0.4, -0.2) is 15.6 Å². The Morgan fingerprint density at radius 1 is 1.21 bits per heavy atom. The van der Waals surface area contributed by atoms with Crippen molar-refractivity contribution in [1.82, 2.24) is 9.78 Å². The van der Waals surface area contributed by atoms with Crippen molar-refractivity contribution in [3.05, 3.63) is 47.2 Å². The van der Waals surface area contributed by atoms with Gasteiger partial charge in [0.2, 0.25) is 0 Å². The van der Waals surface area contributed by atoms with Crippen molar-refractivity contribution in [1.29, 1.82) is 0 Å². The number of nitrogens with two attached hydrogens (primary N) is 1. The van der Waals surface area contributed by atoms with Gasteiger partial charge in [-0.15, -0.1) is 0 Å². The van der Waals surface area contributed by atoms with E-state index >= 15 is 0 Å². The van der Waals surface area contributed by atoms with Crippen molar-refractivity contribution in [2.75, 3.05) is 5.73 Å². The van der Waals surface area contributed by atoms with Crippen LogP contribution >= 0.6 is 0 Å². The fraction of sp³-hybridized carbons (Fsp3) is 0.333. The van der Waals surface area contributed by atoms with Crippen LogP contribution in [0, 0.1) is 0 Å². The van der Waals surface area contributed by atoms with Crippen LogP contribution in [0.2, 0.25) is 0 Å². The molecule has 1 aromatic heterocycles. The van der Waals surface area contributed by atoms with Crippen LogP contribution < -0.4 is 5.73 Å². The highest BCUT2D eigenvalue weighted by Gasteiger charge is 2.17. The number of nitrogens with zero attached hydrogens (tertiary/aromatic N) is 2. The van der Waals surface area contributed by atoms with Gasteiger partial charge in [-0.1, -0.05) is 45.0 Å². The molecule has 100 valence electrons. The summed E-state index contributed by atoms with van der Waals surface area (Å²) in [5.41, 5.74) is 8.18. The zero-order chi connectivity index (χ0) is 14.2. The zero-order valence-electron chi connectivity index (χ0n) is 11.8. The normalized spacial score (nSPS) is 11.6. The number of aryl methyl sites for hydroxylation is 1. The average Bonchev–Trinajstić information content (AvgIpc) is 2.68. The third kappa shape index (κ3) is 2.52. The first-order valence-electron chi connectivity index (χ1n) is 6.23. The minimum Gasteiger partial charge on any atom is -0.383 e. The lowest BCUT2D eigenvalue weighted by Gasteiger charge is -2.18. The molecule has 2 rings (SSSR count). The molecule has 0 fully saturated rings. The molecular formula is C15H19N3O. The van der Waals surface area contributed by atoms with Crippen LogP contribution in [-0.2, 0) is 12.5 Å². The summed E-state index contributed by atoms with van der Waals surface area (Å²) in [7, 11) is 1.72. The van der Waals surface area contributed by atoms with Crippen LogP contribution in [0.25, 0.3) is 0 Å². The Morgan fingerprint density at radius 2 is 1.79 bits per heavy atom. The summed E-state index contributed by atoms with van der Waals surface area (Å²) in [6.07, 6.45) is 1.51. The molecule has 0 spiro atoms. The second-order valence-electron chi connectivity index (χ2n) is 5.72. The van der Waals surface area contributed by atoms with Crippen LogP contribution in [0.4, 0.5) is 5.82 Å². The molecule has 0 unspecified atom stereocenters. The van der Waals surface area contributed by atoms with E-state index in [9.17, 15) is 4.79 Å². The summed E-state index contributed by atoms with van der Waals surface area (Å²) in [6.45, 7) is 6.43. The van der Waals surface area contributed by atoms with Gasteiger partial charge in [-0.3, -0.25) is 9.48 Å². The first-order chi connectivity index (χ1) is 8.80. The first kappa shape index (κ1) is 13.3. The smallest absolute Gasteiger partial charge is 0.198 e. The van der Waals surface area contributed by atoms with E-state index in [2.05, 4.69) is 25.9 Å². The van der Waals surface area contributed by atoms with Gasteiger partial charge in [0.05, 0.1) is 11.8 Å². The van der Waals surface area contributed by atoms with Crippen LogP contribution in [0.1, 0.15) is 42.3 Å². The van der Waals surface area contributed by atoms with E-state index in [4.69, 9.17) is 5.73 Å². The topological polar surface area (TPSA) is 60.9 Å². The van der Waals surface area contributed by atoms with Gasteiger partial charge in [0, 0.05) is 12.6 Å². The molecular weight excluding hydrogens is 238 g/mol. The highest BCUT2D eigenvalue weighted by molar-refractivity contribution is 6.11. The van der Waals surface area contributed by atoms with Crippen molar-refractivity contribution >= 4 is 11.6 Å². The van der Waals surface area contributed by atoms with Crippen molar-refractivity contribution < 1.29 is 4.79 Å². The molecule has 0 aliphatic carbocycles. The maximum Gasteiger partial charge on any atom is 0.198 e. The molecule has 0 bridgehead atoms. The van der Waals surface area contributed by atoms with Crippen LogP contribution in [0.3, 0.4) is 0 Å². The number of carbonyl (C=O) groups excluding carboxylic acids is 1. The molecule has 0 aliphatic rings. The van der Waals surface area contributed by atoms with E-state index in [1.807, 2.05) is 24.3 Å². The van der Waals surface area contributed by atoms with E-state index in [1.54, 1.807) is 7.05 Å². The van der Waals surface area contributed by atoms with Crippen molar-refractivity contribution in [2.45, 2.75) is 26.2 Å². The minimum absolute atomic E-state index is 0.0783. The summed E-state index contributed by atoms with van der Waals surface area (Å²) in [5, 5.41) is 3.99. The Labute approximate surface area is 113 Å². The maximum absolute atomic E-state index is 12.3. The monoisotopic (exact) mass is 257 g/mol. The average molecular weight is 257 g/mol. The van der Waals surface area contributed by atoms with E-state index in [-0.39, 0.29) is 11.2 Å². The number of aromatic nitrogens is 2. The van der Waals surface area contributed by atoms with Gasteiger partial charge in [-0.25, -0.2) is 0 Å². The van der Waals surface area contributed by atoms with E-state index < -0.39 is 0 Å². The standard InChI is InChI=1S/C15H19N3O/c1-15(2,3)11-7-5-10(6-8-11)13(19)12-9-17-18(4)14(12)16/h5-9H,16H2,1-4H3. The Balaban J connectivity index is 2.33. The fourth-order valence-corrected chi connectivity index (χ4v) is 1.90. The first-order valence-corrected chi connectivity index (χ1v) is 6.23. The Kier molecular flexibility index (Phi) is 3.18. The molecule has 4 nitrogen and oxygen atoms in total. The molecule has 0 saturated heterocycles. The number of ketones is 1. The lowest BCUT2D eigenvalue weighted by molar-refractivity contribution is 0.103. The molecule has 2 aromatic rings. The summed E-state index contributed by atoms with van der Waals surface area (Å²) in [4.78, 5) is 12.3. The molecule has 0 amide bonds. The second kappa shape index (κ2) is 4.53.